The summed E-state index contributed by atoms with van der Waals surface area (Å²) in [5, 5.41) is 10.9. The molecule has 0 unspecified atom stereocenters. The minimum absolute atomic E-state index is 0.0697. The van der Waals surface area contributed by atoms with E-state index in [1.54, 1.807) is 17.2 Å². The fraction of sp³-hybridized carbons (Fsp3) is 0.318. The van der Waals surface area contributed by atoms with Crippen molar-refractivity contribution < 1.29 is 9.53 Å². The first-order valence-electron chi connectivity index (χ1n) is 9.93. The molecule has 7 nitrogen and oxygen atoms in total. The average Bonchev–Trinajstić information content (AvgIpc) is 3.43. The van der Waals surface area contributed by atoms with Crippen LogP contribution in [0.5, 0.6) is 0 Å². The molecule has 1 N–H and O–H groups in total. The van der Waals surface area contributed by atoms with Crippen LogP contribution in [0.2, 0.25) is 0 Å². The first kappa shape index (κ1) is 18.0. The number of carbonyl (C=O) groups excluding carboxylic acids is 1. The fourth-order valence-electron chi connectivity index (χ4n) is 4.33. The molecule has 5 rings (SSSR count). The van der Waals surface area contributed by atoms with Crippen LogP contribution in [0.4, 0.5) is 0 Å². The smallest absolute Gasteiger partial charge is 0.253 e. The van der Waals surface area contributed by atoms with Crippen molar-refractivity contribution in [3.05, 3.63) is 78.4 Å². The van der Waals surface area contributed by atoms with Gasteiger partial charge in [-0.25, -0.2) is 0 Å². The van der Waals surface area contributed by atoms with Gasteiger partial charge in [0, 0.05) is 25.2 Å². The molecule has 0 radical (unpaired) electrons. The number of aromatic nitrogens is 3. The summed E-state index contributed by atoms with van der Waals surface area (Å²) in [7, 11) is 0. The Hall–Kier alpha value is -3.03. The molecule has 2 aliphatic heterocycles. The number of ether oxygens (including phenoxy) is 1. The Morgan fingerprint density at radius 1 is 1.00 bits per heavy atom. The van der Waals surface area contributed by atoms with E-state index >= 15 is 0 Å². The highest BCUT2D eigenvalue weighted by Gasteiger charge is 2.38. The van der Waals surface area contributed by atoms with Gasteiger partial charge in [-0.2, -0.15) is 0 Å². The Kier molecular flexibility index (Phi) is 4.83. The van der Waals surface area contributed by atoms with E-state index in [-0.39, 0.29) is 18.1 Å². The van der Waals surface area contributed by atoms with E-state index in [4.69, 9.17) is 4.74 Å². The van der Waals surface area contributed by atoms with Gasteiger partial charge in [0.25, 0.3) is 5.91 Å². The van der Waals surface area contributed by atoms with E-state index in [1.165, 1.54) is 5.56 Å². The topological polar surface area (TPSA) is 72.3 Å². The third-order valence-electron chi connectivity index (χ3n) is 5.77. The summed E-state index contributed by atoms with van der Waals surface area (Å²) in [5.74, 6) is -0.0697. The Balaban J connectivity index is 1.26. The van der Waals surface area contributed by atoms with E-state index in [0.717, 1.165) is 25.2 Å². The lowest BCUT2D eigenvalue weighted by Crippen LogP contribution is -2.43. The molecule has 7 heteroatoms. The first-order valence-corrected chi connectivity index (χ1v) is 9.93. The monoisotopic (exact) mass is 389 g/mol. The number of rotatable bonds is 4. The maximum Gasteiger partial charge on any atom is 0.253 e. The molecule has 2 aromatic carbocycles. The standard InChI is InChI=1S/C22H23N5O2/c28-22(19-8-4-5-9-20(19)27-14-23-24-15-27)25-17-10-18-13-29-21(12-26(18)11-17)16-6-2-1-3-7-16/h1-9,14-15,17-18,21H,10-13H2,(H,25,28)/t17-,18-,21+/m0/s1. The van der Waals surface area contributed by atoms with Crippen LogP contribution in [0.3, 0.4) is 0 Å². The second-order valence-electron chi connectivity index (χ2n) is 7.63. The summed E-state index contributed by atoms with van der Waals surface area (Å²) in [6.07, 6.45) is 4.20. The highest BCUT2D eigenvalue weighted by atomic mass is 16.5. The highest BCUT2D eigenvalue weighted by Crippen LogP contribution is 2.30. The number of carbonyl (C=O) groups is 1. The van der Waals surface area contributed by atoms with Gasteiger partial charge in [0.15, 0.2) is 0 Å². The number of nitrogens with one attached hydrogen (secondary N) is 1. The van der Waals surface area contributed by atoms with Crippen LogP contribution >= 0.6 is 0 Å². The fourth-order valence-corrected chi connectivity index (χ4v) is 4.33. The Labute approximate surface area is 169 Å². The van der Waals surface area contributed by atoms with Crippen molar-refractivity contribution in [2.75, 3.05) is 19.7 Å². The van der Waals surface area contributed by atoms with Crippen molar-refractivity contribution in [3.8, 4) is 5.69 Å². The molecule has 0 aliphatic carbocycles. The van der Waals surface area contributed by atoms with Gasteiger partial charge in [-0.1, -0.05) is 42.5 Å². The van der Waals surface area contributed by atoms with Crippen molar-refractivity contribution in [1.29, 1.82) is 0 Å². The van der Waals surface area contributed by atoms with E-state index in [0.29, 0.717) is 18.2 Å². The minimum atomic E-state index is -0.0697. The molecule has 0 spiro atoms. The van der Waals surface area contributed by atoms with Crippen molar-refractivity contribution in [3.63, 3.8) is 0 Å². The molecule has 3 heterocycles. The normalized spacial score (nSPS) is 24.2. The first-order chi connectivity index (χ1) is 14.3. The zero-order valence-corrected chi connectivity index (χ0v) is 16.0. The molecule has 2 aliphatic rings. The molecule has 148 valence electrons. The minimum Gasteiger partial charge on any atom is -0.371 e. The zero-order chi connectivity index (χ0) is 19.6. The molecule has 1 amide bonds. The number of hydrogen-bond acceptors (Lipinski definition) is 5. The molecule has 3 aromatic rings. The molecular weight excluding hydrogens is 366 g/mol. The summed E-state index contributed by atoms with van der Waals surface area (Å²) in [6.45, 7) is 2.40. The largest absolute Gasteiger partial charge is 0.371 e. The zero-order valence-electron chi connectivity index (χ0n) is 16.0. The summed E-state index contributed by atoms with van der Waals surface area (Å²) in [6, 6.07) is 18.3. The number of morpholine rings is 1. The van der Waals surface area contributed by atoms with Crippen LogP contribution in [0, 0.1) is 0 Å². The number of amides is 1. The van der Waals surface area contributed by atoms with Gasteiger partial charge < -0.3 is 10.1 Å². The molecule has 1 aromatic heterocycles. The molecule has 2 fully saturated rings. The third kappa shape index (κ3) is 3.66. The van der Waals surface area contributed by atoms with Crippen molar-refractivity contribution in [2.45, 2.75) is 24.6 Å². The predicted octanol–water partition coefficient (Wildman–Crippen LogP) is 2.21. The third-order valence-corrected chi connectivity index (χ3v) is 5.77. The summed E-state index contributed by atoms with van der Waals surface area (Å²) >= 11 is 0. The highest BCUT2D eigenvalue weighted by molar-refractivity contribution is 5.98. The number of benzene rings is 2. The van der Waals surface area contributed by atoms with E-state index in [2.05, 4.69) is 32.5 Å². The van der Waals surface area contributed by atoms with E-state index < -0.39 is 0 Å². The number of para-hydroxylation sites is 1. The van der Waals surface area contributed by atoms with Crippen LogP contribution < -0.4 is 5.32 Å². The van der Waals surface area contributed by atoms with Crippen molar-refractivity contribution in [1.82, 2.24) is 25.0 Å². The van der Waals surface area contributed by atoms with Gasteiger partial charge in [-0.3, -0.25) is 14.3 Å². The predicted molar refractivity (Wildman–Crippen MR) is 108 cm³/mol. The summed E-state index contributed by atoms with van der Waals surface area (Å²) in [4.78, 5) is 15.4. The van der Waals surface area contributed by atoms with Gasteiger partial charge in [-0.05, 0) is 24.1 Å². The summed E-state index contributed by atoms with van der Waals surface area (Å²) < 4.78 is 7.87. The Morgan fingerprint density at radius 3 is 2.59 bits per heavy atom. The van der Waals surface area contributed by atoms with E-state index in [1.807, 2.05) is 42.5 Å². The molecular formula is C22H23N5O2. The van der Waals surface area contributed by atoms with Gasteiger partial charge in [0.2, 0.25) is 0 Å². The van der Waals surface area contributed by atoms with Crippen LogP contribution in [-0.4, -0.2) is 57.4 Å². The van der Waals surface area contributed by atoms with Gasteiger partial charge in [0.05, 0.1) is 24.0 Å². The Morgan fingerprint density at radius 2 is 1.76 bits per heavy atom. The average molecular weight is 389 g/mol. The lowest BCUT2D eigenvalue weighted by molar-refractivity contribution is -0.0502. The Bertz CT molecular complexity index is 976. The molecule has 29 heavy (non-hydrogen) atoms. The molecule has 0 bridgehead atoms. The molecule has 2 saturated heterocycles. The van der Waals surface area contributed by atoms with E-state index in [9.17, 15) is 4.79 Å². The van der Waals surface area contributed by atoms with Crippen molar-refractivity contribution >= 4 is 5.91 Å². The summed E-state index contributed by atoms with van der Waals surface area (Å²) in [5.41, 5.74) is 2.61. The SMILES string of the molecule is O=C(N[C@H]1C[C@H]2CO[C@@H](c3ccccc3)CN2C1)c1ccccc1-n1cnnc1. The second-order valence-corrected chi connectivity index (χ2v) is 7.63. The van der Waals surface area contributed by atoms with Crippen molar-refractivity contribution in [2.24, 2.45) is 0 Å². The van der Waals surface area contributed by atoms with Crippen LogP contribution in [0.1, 0.15) is 28.4 Å². The number of nitrogens with zero attached hydrogens (tertiary/aromatic N) is 4. The lowest BCUT2D eigenvalue weighted by Gasteiger charge is -2.35. The second kappa shape index (κ2) is 7.77. The molecule has 0 saturated carbocycles. The maximum absolute atomic E-state index is 13.0. The number of hydrogen-bond donors (Lipinski definition) is 1. The van der Waals surface area contributed by atoms with Crippen LogP contribution in [0.15, 0.2) is 67.3 Å². The lowest BCUT2D eigenvalue weighted by atomic mass is 10.1. The van der Waals surface area contributed by atoms with Crippen LogP contribution in [0.25, 0.3) is 5.69 Å². The van der Waals surface area contributed by atoms with Gasteiger partial charge in [0.1, 0.15) is 12.7 Å². The maximum atomic E-state index is 13.0. The molecule has 3 atom stereocenters. The van der Waals surface area contributed by atoms with Gasteiger partial charge in [-0.15, -0.1) is 10.2 Å². The number of fused-ring (bicyclic) bond motifs is 1. The van der Waals surface area contributed by atoms with Gasteiger partial charge >= 0.3 is 0 Å². The quantitative estimate of drug-likeness (QED) is 0.741. The van der Waals surface area contributed by atoms with Crippen LogP contribution in [-0.2, 0) is 4.74 Å².